The molecule has 1 fully saturated rings. The first kappa shape index (κ1) is 28.3. The molecule has 1 aromatic heterocycles. The lowest BCUT2D eigenvalue weighted by atomic mass is 9.86. The number of aromatic nitrogens is 1. The zero-order valence-corrected chi connectivity index (χ0v) is 24.9. The maximum Gasteiger partial charge on any atom is 0.246 e. The smallest absolute Gasteiger partial charge is 0.246 e. The van der Waals surface area contributed by atoms with Gasteiger partial charge in [0.05, 0.1) is 48.1 Å². The lowest BCUT2D eigenvalue weighted by molar-refractivity contribution is -0.158. The Labute approximate surface area is 250 Å². The Balaban J connectivity index is 1.39. The van der Waals surface area contributed by atoms with Crippen LogP contribution in [0.2, 0.25) is 0 Å². The quantitative estimate of drug-likeness (QED) is 0.315. The number of hydrogen-bond donors (Lipinski definition) is 1. The van der Waals surface area contributed by atoms with E-state index in [2.05, 4.69) is 11.1 Å². The molecule has 0 bridgehead atoms. The van der Waals surface area contributed by atoms with Crippen molar-refractivity contribution in [3.05, 3.63) is 77.0 Å². The average molecular weight is 586 g/mol. The van der Waals surface area contributed by atoms with Crippen molar-refractivity contribution in [2.45, 2.75) is 24.9 Å². The number of ether oxygens (including phenoxy) is 5. The van der Waals surface area contributed by atoms with E-state index in [1.165, 1.54) is 0 Å². The average Bonchev–Trinajstić information content (AvgIpc) is 3.42. The van der Waals surface area contributed by atoms with Crippen LogP contribution in [0, 0.1) is 0 Å². The first-order valence-electron chi connectivity index (χ1n) is 14.1. The third-order valence-electron chi connectivity index (χ3n) is 8.46. The van der Waals surface area contributed by atoms with Crippen molar-refractivity contribution in [3.63, 3.8) is 0 Å². The van der Waals surface area contributed by atoms with Gasteiger partial charge in [-0.25, -0.2) is 0 Å². The van der Waals surface area contributed by atoms with Crippen molar-refractivity contribution in [1.82, 2.24) is 14.8 Å². The van der Waals surface area contributed by atoms with Gasteiger partial charge in [-0.2, -0.15) is 0 Å². The van der Waals surface area contributed by atoms with Crippen LogP contribution in [-0.4, -0.2) is 81.3 Å². The molecule has 1 N–H and O–H groups in total. The third-order valence-corrected chi connectivity index (χ3v) is 8.46. The van der Waals surface area contributed by atoms with E-state index in [0.29, 0.717) is 48.1 Å². The number of nitrogens with one attached hydrogen (secondary N) is 1. The predicted octanol–water partition coefficient (Wildman–Crippen LogP) is 4.14. The molecular formula is C33H35N3O7. The summed E-state index contributed by atoms with van der Waals surface area (Å²) in [4.78, 5) is 35.1. The molecule has 3 heterocycles. The summed E-state index contributed by atoms with van der Waals surface area (Å²) in [5.41, 5.74) is 4.60. The van der Waals surface area contributed by atoms with Gasteiger partial charge < -0.3 is 38.5 Å². The molecule has 3 aromatic carbocycles. The summed E-state index contributed by atoms with van der Waals surface area (Å²) in [5, 5.41) is 1.04. The molecule has 2 aliphatic heterocycles. The third kappa shape index (κ3) is 4.76. The molecule has 0 aliphatic carbocycles. The number of piperazine rings is 1. The van der Waals surface area contributed by atoms with E-state index in [4.69, 9.17) is 23.7 Å². The standard InChI is InChI=1S/C33H35N3O7/c1-39-25-11-10-19(14-26(25)40-2)12-13-35-18-29(37)36-24(33(35)38)17-22-21-8-6-7-9-23(21)34-30(22)31(36)20-15-27(41-3)32(43-5)28(16-20)42-4/h6-11,14-16,24,31,34H,12-13,17-18H2,1-5H3/t24-,31+/m0/s1. The summed E-state index contributed by atoms with van der Waals surface area (Å²) in [6.07, 6.45) is 0.985. The van der Waals surface area contributed by atoms with Crippen LogP contribution in [0.4, 0.5) is 0 Å². The molecular weight excluding hydrogens is 550 g/mol. The number of fused-ring (bicyclic) bond motifs is 4. The van der Waals surface area contributed by atoms with Crippen LogP contribution in [0.3, 0.4) is 0 Å². The summed E-state index contributed by atoms with van der Waals surface area (Å²) >= 11 is 0. The number of hydrogen-bond acceptors (Lipinski definition) is 7. The van der Waals surface area contributed by atoms with E-state index in [1.807, 2.05) is 48.5 Å². The maximum absolute atomic E-state index is 14.1. The van der Waals surface area contributed by atoms with Gasteiger partial charge in [0.15, 0.2) is 23.0 Å². The highest BCUT2D eigenvalue weighted by Crippen LogP contribution is 2.47. The summed E-state index contributed by atoms with van der Waals surface area (Å²) in [6, 6.07) is 16.2. The molecule has 4 aromatic rings. The van der Waals surface area contributed by atoms with Gasteiger partial charge in [-0.15, -0.1) is 0 Å². The molecule has 0 saturated carbocycles. The molecule has 0 radical (unpaired) electrons. The highest BCUT2D eigenvalue weighted by molar-refractivity contribution is 5.97. The number of carbonyl (C=O) groups is 2. The number of carbonyl (C=O) groups excluding carboxylic acids is 2. The fourth-order valence-electron chi connectivity index (χ4n) is 6.42. The predicted molar refractivity (Wildman–Crippen MR) is 160 cm³/mol. The summed E-state index contributed by atoms with van der Waals surface area (Å²) in [6.45, 7) is 0.388. The topological polar surface area (TPSA) is 103 Å². The fraction of sp³-hybridized carbons (Fsp3) is 0.333. The number of rotatable bonds is 9. The van der Waals surface area contributed by atoms with Crippen molar-refractivity contribution in [1.29, 1.82) is 0 Å². The number of methoxy groups -OCH3 is 5. The lowest BCUT2D eigenvalue weighted by Gasteiger charge is -2.47. The van der Waals surface area contributed by atoms with Gasteiger partial charge >= 0.3 is 0 Å². The van der Waals surface area contributed by atoms with Gasteiger partial charge in [-0.3, -0.25) is 9.59 Å². The van der Waals surface area contributed by atoms with Gasteiger partial charge in [0, 0.05) is 29.6 Å². The van der Waals surface area contributed by atoms with Gasteiger partial charge in [0.1, 0.15) is 6.04 Å². The monoisotopic (exact) mass is 585 g/mol. The molecule has 2 atom stereocenters. The fourth-order valence-corrected chi connectivity index (χ4v) is 6.42. The van der Waals surface area contributed by atoms with Crippen LogP contribution >= 0.6 is 0 Å². The molecule has 6 rings (SSSR count). The second-order valence-corrected chi connectivity index (χ2v) is 10.6. The summed E-state index contributed by atoms with van der Waals surface area (Å²) in [5.74, 6) is 2.47. The molecule has 0 unspecified atom stereocenters. The Bertz CT molecular complexity index is 1670. The number of para-hydroxylation sites is 1. The van der Waals surface area contributed by atoms with Gasteiger partial charge in [-0.05, 0) is 53.4 Å². The molecule has 0 spiro atoms. The van der Waals surface area contributed by atoms with Crippen LogP contribution in [-0.2, 0) is 22.4 Å². The number of H-pyrrole nitrogens is 1. The Morgan fingerprint density at radius 3 is 2.19 bits per heavy atom. The Morgan fingerprint density at radius 1 is 0.814 bits per heavy atom. The zero-order valence-electron chi connectivity index (χ0n) is 24.9. The SMILES string of the molecule is COc1ccc(CCN2CC(=O)N3[C@H](c4cc(OC)c(OC)c(OC)c4)c4[nH]c5ccccc5c4C[C@H]3C2=O)cc1OC. The van der Waals surface area contributed by atoms with Crippen LogP contribution in [0.15, 0.2) is 54.6 Å². The minimum atomic E-state index is -0.664. The first-order chi connectivity index (χ1) is 20.9. The van der Waals surface area contributed by atoms with Gasteiger partial charge in [0.25, 0.3) is 0 Å². The van der Waals surface area contributed by atoms with E-state index in [0.717, 1.165) is 33.3 Å². The van der Waals surface area contributed by atoms with Crippen LogP contribution in [0.1, 0.15) is 28.4 Å². The van der Waals surface area contributed by atoms with Crippen molar-refractivity contribution in [3.8, 4) is 28.7 Å². The number of benzene rings is 3. The van der Waals surface area contributed by atoms with E-state index >= 15 is 0 Å². The first-order valence-corrected chi connectivity index (χ1v) is 14.1. The highest BCUT2D eigenvalue weighted by atomic mass is 16.5. The van der Waals surface area contributed by atoms with E-state index in [-0.39, 0.29) is 18.4 Å². The van der Waals surface area contributed by atoms with Crippen molar-refractivity contribution >= 4 is 22.7 Å². The molecule has 43 heavy (non-hydrogen) atoms. The van der Waals surface area contributed by atoms with Gasteiger partial charge in [-0.1, -0.05) is 24.3 Å². The molecule has 1 saturated heterocycles. The minimum Gasteiger partial charge on any atom is -0.493 e. The molecule has 10 heteroatoms. The highest BCUT2D eigenvalue weighted by Gasteiger charge is 2.48. The lowest BCUT2D eigenvalue weighted by Crippen LogP contribution is -2.63. The van der Waals surface area contributed by atoms with E-state index in [1.54, 1.807) is 45.3 Å². The Kier molecular flexibility index (Phi) is 7.52. The van der Waals surface area contributed by atoms with Crippen molar-refractivity contribution in [2.75, 3.05) is 48.6 Å². The van der Waals surface area contributed by atoms with Gasteiger partial charge in [0.2, 0.25) is 17.6 Å². The Hall–Kier alpha value is -4.86. The largest absolute Gasteiger partial charge is 0.493 e. The molecule has 2 amide bonds. The minimum absolute atomic E-state index is 0.0148. The number of aromatic amines is 1. The second-order valence-electron chi connectivity index (χ2n) is 10.6. The maximum atomic E-state index is 14.1. The van der Waals surface area contributed by atoms with Crippen LogP contribution in [0.25, 0.3) is 10.9 Å². The second kappa shape index (κ2) is 11.4. The van der Waals surface area contributed by atoms with Crippen LogP contribution in [0.5, 0.6) is 28.7 Å². The normalized spacial score (nSPS) is 17.9. The van der Waals surface area contributed by atoms with Crippen molar-refractivity contribution in [2.24, 2.45) is 0 Å². The molecule has 2 aliphatic rings. The van der Waals surface area contributed by atoms with Crippen molar-refractivity contribution < 1.29 is 33.3 Å². The molecule has 10 nitrogen and oxygen atoms in total. The number of nitrogens with zero attached hydrogens (tertiary/aromatic N) is 2. The Morgan fingerprint density at radius 2 is 1.51 bits per heavy atom. The van der Waals surface area contributed by atoms with E-state index in [9.17, 15) is 9.59 Å². The number of amides is 2. The summed E-state index contributed by atoms with van der Waals surface area (Å²) < 4.78 is 27.7. The van der Waals surface area contributed by atoms with Crippen LogP contribution < -0.4 is 23.7 Å². The van der Waals surface area contributed by atoms with E-state index < -0.39 is 12.1 Å². The molecule has 224 valence electrons. The zero-order chi connectivity index (χ0) is 30.2. The summed E-state index contributed by atoms with van der Waals surface area (Å²) in [7, 11) is 7.86.